The summed E-state index contributed by atoms with van der Waals surface area (Å²) >= 11 is 0. The first kappa shape index (κ1) is 24.3. The quantitative estimate of drug-likeness (QED) is 0.688. The highest BCUT2D eigenvalue weighted by Crippen LogP contribution is 2.26. The number of benzene rings is 1. The summed E-state index contributed by atoms with van der Waals surface area (Å²) in [7, 11) is -2.04. The molecule has 0 atom stereocenters. The van der Waals surface area contributed by atoms with Crippen molar-refractivity contribution in [3.05, 3.63) is 29.3 Å². The lowest BCUT2D eigenvalue weighted by Crippen LogP contribution is -2.41. The maximum absolute atomic E-state index is 12.6. The Balaban J connectivity index is 2.05. The van der Waals surface area contributed by atoms with Crippen molar-refractivity contribution in [3.63, 3.8) is 0 Å². The van der Waals surface area contributed by atoms with E-state index in [1.54, 1.807) is 45.7 Å². The van der Waals surface area contributed by atoms with E-state index in [4.69, 9.17) is 4.74 Å². The largest absolute Gasteiger partial charge is 0.452 e. The zero-order chi connectivity index (χ0) is 22.7. The number of hydrogen-bond donors (Lipinski definition) is 1. The molecular weight excluding hydrogens is 404 g/mol. The average molecular weight is 439 g/mol. The molecular formula is C22H34N2O5S. The molecule has 1 aromatic rings. The van der Waals surface area contributed by atoms with Crippen LogP contribution in [-0.4, -0.2) is 50.4 Å². The molecule has 1 amide bonds. The van der Waals surface area contributed by atoms with E-state index >= 15 is 0 Å². The van der Waals surface area contributed by atoms with E-state index in [1.165, 1.54) is 12.1 Å². The number of ether oxygens (including phenoxy) is 1. The molecule has 0 bridgehead atoms. The molecule has 0 aliphatic heterocycles. The SMILES string of the molecule is Cc1ccc(S(=O)(=O)NC(C)(C)C)cc1C(=O)OCC(=O)N(C)C1CCC(C)CC1. The van der Waals surface area contributed by atoms with Crippen LogP contribution in [0.2, 0.25) is 0 Å². The van der Waals surface area contributed by atoms with Crippen LogP contribution in [0.1, 0.15) is 69.3 Å². The molecule has 2 rings (SSSR count). The van der Waals surface area contributed by atoms with Crippen LogP contribution in [0.4, 0.5) is 0 Å². The third-order valence-corrected chi connectivity index (χ3v) is 7.19. The molecule has 0 aromatic heterocycles. The Hall–Kier alpha value is -1.93. The van der Waals surface area contributed by atoms with Crippen molar-refractivity contribution in [2.75, 3.05) is 13.7 Å². The number of carbonyl (C=O) groups excluding carboxylic acids is 2. The molecule has 1 aliphatic rings. The van der Waals surface area contributed by atoms with Gasteiger partial charge in [-0.05, 0) is 77.0 Å². The maximum atomic E-state index is 12.6. The Morgan fingerprint density at radius 2 is 1.77 bits per heavy atom. The van der Waals surface area contributed by atoms with Crippen LogP contribution in [0.15, 0.2) is 23.1 Å². The summed E-state index contributed by atoms with van der Waals surface area (Å²) in [5.41, 5.74) is 0.0590. The lowest BCUT2D eigenvalue weighted by molar-refractivity contribution is -0.136. The van der Waals surface area contributed by atoms with Gasteiger partial charge in [-0.2, -0.15) is 0 Å². The summed E-state index contributed by atoms with van der Waals surface area (Å²) in [6.07, 6.45) is 4.09. The molecule has 0 saturated heterocycles. The minimum atomic E-state index is -3.79. The predicted octanol–water partition coefficient (Wildman–Crippen LogP) is 3.27. The van der Waals surface area contributed by atoms with Gasteiger partial charge in [-0.1, -0.05) is 13.0 Å². The lowest BCUT2D eigenvalue weighted by atomic mass is 9.87. The van der Waals surface area contributed by atoms with Crippen molar-refractivity contribution in [1.82, 2.24) is 9.62 Å². The highest BCUT2D eigenvalue weighted by molar-refractivity contribution is 7.89. The number of rotatable bonds is 6. The fourth-order valence-corrected chi connectivity index (χ4v) is 5.03. The first-order chi connectivity index (χ1) is 13.8. The smallest absolute Gasteiger partial charge is 0.338 e. The van der Waals surface area contributed by atoms with E-state index in [2.05, 4.69) is 11.6 Å². The number of likely N-dealkylation sites (N-methyl/N-ethyl adjacent to an activating group) is 1. The topological polar surface area (TPSA) is 92.8 Å². The summed E-state index contributed by atoms with van der Waals surface area (Å²) in [6, 6.07) is 4.47. The van der Waals surface area contributed by atoms with Crippen LogP contribution >= 0.6 is 0 Å². The van der Waals surface area contributed by atoms with Crippen LogP contribution in [0, 0.1) is 12.8 Å². The Bertz CT molecular complexity index is 881. The van der Waals surface area contributed by atoms with Crippen LogP contribution in [0.3, 0.4) is 0 Å². The van der Waals surface area contributed by atoms with Crippen molar-refractivity contribution >= 4 is 21.9 Å². The van der Waals surface area contributed by atoms with Gasteiger partial charge in [0.05, 0.1) is 10.5 Å². The number of nitrogens with one attached hydrogen (secondary N) is 1. The number of aryl methyl sites for hydroxylation is 1. The third kappa shape index (κ3) is 6.54. The average Bonchev–Trinajstić information content (AvgIpc) is 2.64. The van der Waals surface area contributed by atoms with Gasteiger partial charge in [0.25, 0.3) is 5.91 Å². The van der Waals surface area contributed by atoms with E-state index in [0.29, 0.717) is 11.5 Å². The number of esters is 1. The zero-order valence-electron chi connectivity index (χ0n) is 18.8. The molecule has 168 valence electrons. The molecule has 1 fully saturated rings. The van der Waals surface area contributed by atoms with Gasteiger partial charge in [-0.25, -0.2) is 17.9 Å². The Morgan fingerprint density at radius 3 is 2.33 bits per heavy atom. The van der Waals surface area contributed by atoms with Gasteiger partial charge in [-0.3, -0.25) is 4.79 Å². The molecule has 0 spiro atoms. The van der Waals surface area contributed by atoms with Gasteiger partial charge >= 0.3 is 5.97 Å². The number of amides is 1. The molecule has 30 heavy (non-hydrogen) atoms. The number of nitrogens with zero attached hydrogens (tertiary/aromatic N) is 1. The van der Waals surface area contributed by atoms with E-state index in [1.807, 2.05) is 0 Å². The van der Waals surface area contributed by atoms with Gasteiger partial charge in [0.1, 0.15) is 0 Å². The summed E-state index contributed by atoms with van der Waals surface area (Å²) in [6.45, 7) is 8.77. The monoisotopic (exact) mass is 438 g/mol. The molecule has 0 radical (unpaired) electrons. The molecule has 7 nitrogen and oxygen atoms in total. The highest BCUT2D eigenvalue weighted by Gasteiger charge is 2.27. The fraction of sp³-hybridized carbons (Fsp3) is 0.636. The van der Waals surface area contributed by atoms with Crippen molar-refractivity contribution in [2.24, 2.45) is 5.92 Å². The fourth-order valence-electron chi connectivity index (χ4n) is 3.59. The summed E-state index contributed by atoms with van der Waals surface area (Å²) < 4.78 is 32.9. The molecule has 1 N–H and O–H groups in total. The van der Waals surface area contributed by atoms with E-state index in [-0.39, 0.29) is 29.0 Å². The van der Waals surface area contributed by atoms with Crippen LogP contribution in [0.25, 0.3) is 0 Å². The van der Waals surface area contributed by atoms with E-state index < -0.39 is 21.5 Å². The predicted molar refractivity (Wildman–Crippen MR) is 116 cm³/mol. The van der Waals surface area contributed by atoms with Crippen LogP contribution in [0.5, 0.6) is 0 Å². The Labute approximate surface area is 180 Å². The third-order valence-electron chi connectivity index (χ3n) is 5.43. The van der Waals surface area contributed by atoms with Gasteiger partial charge in [0, 0.05) is 18.6 Å². The minimum Gasteiger partial charge on any atom is -0.452 e. The molecule has 0 heterocycles. The molecule has 8 heteroatoms. The highest BCUT2D eigenvalue weighted by atomic mass is 32.2. The van der Waals surface area contributed by atoms with Gasteiger partial charge in [0.15, 0.2) is 6.61 Å². The standard InChI is InChI=1S/C22H34N2O5S/c1-15-7-10-17(11-8-15)24(6)20(25)14-29-21(26)19-13-18(12-9-16(19)2)30(27,28)23-22(3,4)5/h9,12-13,15,17,23H,7-8,10-11,14H2,1-6H3. The minimum absolute atomic E-state index is 0.0188. The second-order valence-electron chi connectivity index (χ2n) is 9.33. The molecule has 1 aromatic carbocycles. The number of carbonyl (C=O) groups is 2. The maximum Gasteiger partial charge on any atom is 0.338 e. The number of hydrogen-bond acceptors (Lipinski definition) is 5. The molecule has 1 aliphatic carbocycles. The summed E-state index contributed by atoms with van der Waals surface area (Å²) in [4.78, 5) is 26.7. The van der Waals surface area contributed by atoms with Gasteiger partial charge in [0.2, 0.25) is 10.0 Å². The summed E-state index contributed by atoms with van der Waals surface area (Å²) in [5.74, 6) is -0.278. The Morgan fingerprint density at radius 1 is 1.17 bits per heavy atom. The van der Waals surface area contributed by atoms with Crippen molar-refractivity contribution in [1.29, 1.82) is 0 Å². The van der Waals surface area contributed by atoms with Gasteiger partial charge < -0.3 is 9.64 Å². The summed E-state index contributed by atoms with van der Waals surface area (Å²) in [5, 5.41) is 0. The molecule has 0 unspecified atom stereocenters. The first-order valence-electron chi connectivity index (χ1n) is 10.4. The lowest BCUT2D eigenvalue weighted by Gasteiger charge is -2.33. The first-order valence-corrected chi connectivity index (χ1v) is 11.9. The zero-order valence-corrected chi connectivity index (χ0v) is 19.6. The Kier molecular flexibility index (Phi) is 7.69. The van der Waals surface area contributed by atoms with Gasteiger partial charge in [-0.15, -0.1) is 0 Å². The van der Waals surface area contributed by atoms with E-state index in [0.717, 1.165) is 25.7 Å². The second kappa shape index (κ2) is 9.47. The van der Waals surface area contributed by atoms with Crippen molar-refractivity contribution in [2.45, 2.75) is 76.8 Å². The van der Waals surface area contributed by atoms with Crippen molar-refractivity contribution in [3.8, 4) is 0 Å². The van der Waals surface area contributed by atoms with E-state index in [9.17, 15) is 18.0 Å². The second-order valence-corrected chi connectivity index (χ2v) is 11.0. The van der Waals surface area contributed by atoms with Crippen molar-refractivity contribution < 1.29 is 22.7 Å². The van der Waals surface area contributed by atoms with Crippen LogP contribution in [-0.2, 0) is 19.6 Å². The molecule has 1 saturated carbocycles. The number of sulfonamides is 1. The van der Waals surface area contributed by atoms with Crippen LogP contribution < -0.4 is 4.72 Å². The normalized spacial score (nSPS) is 19.9.